The molecule has 112 valence electrons. The van der Waals surface area contributed by atoms with Gasteiger partial charge in [0.1, 0.15) is 5.82 Å². The van der Waals surface area contributed by atoms with Gasteiger partial charge < -0.3 is 10.4 Å². The van der Waals surface area contributed by atoms with Gasteiger partial charge in [-0.1, -0.05) is 19.1 Å². The first-order valence-corrected chi connectivity index (χ1v) is 7.88. The zero-order valence-corrected chi connectivity index (χ0v) is 12.8. The van der Waals surface area contributed by atoms with Crippen molar-refractivity contribution in [3.63, 3.8) is 0 Å². The van der Waals surface area contributed by atoms with Crippen LogP contribution < -0.4 is 5.32 Å². The summed E-state index contributed by atoms with van der Waals surface area (Å²) < 4.78 is 12.7. The molecule has 0 aliphatic heterocycles. The number of carbonyl (C=O) groups is 1. The predicted molar refractivity (Wildman–Crippen MR) is 81.1 cm³/mol. The molecule has 0 fully saturated rings. The molecule has 1 amide bonds. The van der Waals surface area contributed by atoms with Crippen LogP contribution in [0.4, 0.5) is 4.39 Å². The van der Waals surface area contributed by atoms with Gasteiger partial charge >= 0.3 is 0 Å². The number of carbonyl (C=O) groups excluding carboxylic acids is 1. The van der Waals surface area contributed by atoms with E-state index in [1.54, 1.807) is 12.1 Å². The minimum absolute atomic E-state index is 0.0325. The van der Waals surface area contributed by atoms with Crippen LogP contribution in [0.15, 0.2) is 24.3 Å². The molecule has 0 saturated carbocycles. The van der Waals surface area contributed by atoms with Gasteiger partial charge in [-0.15, -0.1) is 11.8 Å². The number of thioether (sulfide) groups is 1. The summed E-state index contributed by atoms with van der Waals surface area (Å²) >= 11 is 1.49. The van der Waals surface area contributed by atoms with Crippen molar-refractivity contribution in [1.82, 2.24) is 5.32 Å². The second-order valence-electron chi connectivity index (χ2n) is 5.06. The Morgan fingerprint density at radius 2 is 2.05 bits per heavy atom. The third-order valence-electron chi connectivity index (χ3n) is 3.30. The van der Waals surface area contributed by atoms with Gasteiger partial charge in [0.15, 0.2) is 0 Å². The molecule has 1 unspecified atom stereocenters. The van der Waals surface area contributed by atoms with Crippen LogP contribution in [0.2, 0.25) is 0 Å². The highest BCUT2D eigenvalue weighted by atomic mass is 32.2. The molecule has 1 rings (SSSR count). The minimum Gasteiger partial charge on any atom is -0.396 e. The van der Waals surface area contributed by atoms with Crippen molar-refractivity contribution in [2.75, 3.05) is 12.4 Å². The molecule has 5 heteroatoms. The third kappa shape index (κ3) is 5.92. The number of hydrogen-bond donors (Lipinski definition) is 2. The van der Waals surface area contributed by atoms with Crippen LogP contribution in [0, 0.1) is 5.82 Å². The molecule has 0 aromatic heterocycles. The minimum atomic E-state index is -0.345. The highest BCUT2D eigenvalue weighted by molar-refractivity contribution is 7.99. The fourth-order valence-electron chi connectivity index (χ4n) is 1.79. The van der Waals surface area contributed by atoms with E-state index >= 15 is 0 Å². The Morgan fingerprint density at radius 3 is 2.60 bits per heavy atom. The fourth-order valence-corrected chi connectivity index (χ4v) is 2.58. The summed E-state index contributed by atoms with van der Waals surface area (Å²) in [6.07, 6.45) is 1.33. The molecule has 0 aliphatic rings. The van der Waals surface area contributed by atoms with Gasteiger partial charge in [0.05, 0.1) is 5.75 Å². The monoisotopic (exact) mass is 299 g/mol. The van der Waals surface area contributed by atoms with Crippen LogP contribution >= 0.6 is 11.8 Å². The Bertz CT molecular complexity index is 424. The number of benzene rings is 1. The van der Waals surface area contributed by atoms with E-state index in [2.05, 4.69) is 5.32 Å². The van der Waals surface area contributed by atoms with Crippen molar-refractivity contribution < 1.29 is 14.3 Å². The molecule has 0 aliphatic carbocycles. The lowest BCUT2D eigenvalue weighted by Gasteiger charge is -2.28. The Kier molecular flexibility index (Phi) is 7.02. The maximum Gasteiger partial charge on any atom is 0.230 e. The van der Waals surface area contributed by atoms with Crippen molar-refractivity contribution in [3.8, 4) is 0 Å². The lowest BCUT2D eigenvalue weighted by atomic mass is 9.95. The number of aliphatic hydroxyl groups excluding tert-OH is 1. The van der Waals surface area contributed by atoms with Crippen molar-refractivity contribution in [3.05, 3.63) is 35.6 Å². The average Bonchev–Trinajstić information content (AvgIpc) is 2.41. The standard InChI is InChI=1S/C15H22FNO2S/c1-3-15(2,8-9-18)17-14(19)11-20-10-12-4-6-13(16)7-5-12/h4-7,18H,3,8-11H2,1-2H3,(H,17,19). The van der Waals surface area contributed by atoms with Gasteiger partial charge in [-0.2, -0.15) is 0 Å². The maximum atomic E-state index is 12.7. The second kappa shape index (κ2) is 8.27. The topological polar surface area (TPSA) is 49.3 Å². The first-order valence-electron chi connectivity index (χ1n) is 6.73. The maximum absolute atomic E-state index is 12.7. The number of nitrogens with one attached hydrogen (secondary N) is 1. The zero-order chi connectivity index (χ0) is 15.0. The van der Waals surface area contributed by atoms with Crippen LogP contribution in [0.25, 0.3) is 0 Å². The summed E-state index contributed by atoms with van der Waals surface area (Å²) in [5.74, 6) is 0.753. The van der Waals surface area contributed by atoms with Crippen molar-refractivity contribution in [1.29, 1.82) is 0 Å². The van der Waals surface area contributed by atoms with E-state index in [9.17, 15) is 9.18 Å². The molecule has 20 heavy (non-hydrogen) atoms. The molecule has 0 heterocycles. The largest absolute Gasteiger partial charge is 0.396 e. The second-order valence-corrected chi connectivity index (χ2v) is 6.04. The lowest BCUT2D eigenvalue weighted by Crippen LogP contribution is -2.46. The number of hydrogen-bond acceptors (Lipinski definition) is 3. The first kappa shape index (κ1) is 17.0. The van der Waals surface area contributed by atoms with Gasteiger partial charge in [0, 0.05) is 17.9 Å². The summed E-state index contributed by atoms with van der Waals surface area (Å²) in [7, 11) is 0. The smallest absolute Gasteiger partial charge is 0.230 e. The van der Waals surface area contributed by atoms with E-state index in [1.807, 2.05) is 13.8 Å². The number of rotatable bonds is 8. The van der Waals surface area contributed by atoms with E-state index in [0.29, 0.717) is 17.9 Å². The predicted octanol–water partition coefficient (Wildman–Crippen LogP) is 2.73. The molecule has 2 N–H and O–H groups in total. The zero-order valence-electron chi connectivity index (χ0n) is 12.0. The molecule has 0 saturated heterocycles. The van der Waals surface area contributed by atoms with Crippen molar-refractivity contribution in [2.45, 2.75) is 38.0 Å². The SMILES string of the molecule is CCC(C)(CCO)NC(=O)CSCc1ccc(F)cc1. The summed E-state index contributed by atoms with van der Waals surface area (Å²) in [6.45, 7) is 3.99. The van der Waals surface area contributed by atoms with E-state index in [1.165, 1.54) is 23.9 Å². The molecule has 3 nitrogen and oxygen atoms in total. The van der Waals surface area contributed by atoms with Gasteiger partial charge in [0.2, 0.25) is 5.91 Å². The van der Waals surface area contributed by atoms with Gasteiger partial charge in [0.25, 0.3) is 0 Å². The number of halogens is 1. The quantitative estimate of drug-likeness (QED) is 0.776. The number of amides is 1. The van der Waals surface area contributed by atoms with E-state index in [-0.39, 0.29) is 23.9 Å². The molecule has 1 aromatic rings. The van der Waals surface area contributed by atoms with Crippen LogP contribution in [0.1, 0.15) is 32.3 Å². The number of aliphatic hydroxyl groups is 1. The normalized spacial score (nSPS) is 13.8. The lowest BCUT2D eigenvalue weighted by molar-refractivity contribution is -0.120. The first-order chi connectivity index (χ1) is 9.49. The third-order valence-corrected chi connectivity index (χ3v) is 4.30. The fraction of sp³-hybridized carbons (Fsp3) is 0.533. The van der Waals surface area contributed by atoms with E-state index in [4.69, 9.17) is 5.11 Å². The Hall–Kier alpha value is -1.07. The van der Waals surface area contributed by atoms with Gasteiger partial charge in [-0.05, 0) is 37.5 Å². The Labute approximate surface area is 124 Å². The van der Waals surface area contributed by atoms with Crippen LogP contribution in [0.5, 0.6) is 0 Å². The molecule has 0 spiro atoms. The summed E-state index contributed by atoms with van der Waals surface area (Å²) in [5.41, 5.74) is 0.653. The van der Waals surface area contributed by atoms with Crippen LogP contribution in [0.3, 0.4) is 0 Å². The molecular weight excluding hydrogens is 277 g/mol. The molecule has 1 aromatic carbocycles. The summed E-state index contributed by atoms with van der Waals surface area (Å²) in [5, 5.41) is 12.0. The van der Waals surface area contributed by atoms with Crippen LogP contribution in [-0.4, -0.2) is 28.9 Å². The molecule has 1 atom stereocenters. The van der Waals surface area contributed by atoms with Crippen molar-refractivity contribution in [2.24, 2.45) is 0 Å². The van der Waals surface area contributed by atoms with Crippen LogP contribution in [-0.2, 0) is 10.5 Å². The summed E-state index contributed by atoms with van der Waals surface area (Å²) in [6, 6.07) is 6.29. The van der Waals surface area contributed by atoms with Crippen molar-refractivity contribution >= 4 is 17.7 Å². The Morgan fingerprint density at radius 1 is 1.40 bits per heavy atom. The highest BCUT2D eigenvalue weighted by Crippen LogP contribution is 2.16. The average molecular weight is 299 g/mol. The van der Waals surface area contributed by atoms with Gasteiger partial charge in [-0.25, -0.2) is 4.39 Å². The van der Waals surface area contributed by atoms with Gasteiger partial charge in [-0.3, -0.25) is 4.79 Å². The highest BCUT2D eigenvalue weighted by Gasteiger charge is 2.23. The summed E-state index contributed by atoms with van der Waals surface area (Å²) in [4.78, 5) is 11.9. The molecular formula is C15H22FNO2S. The molecule has 0 radical (unpaired) electrons. The van der Waals surface area contributed by atoms with E-state index < -0.39 is 0 Å². The molecule has 0 bridgehead atoms. The Balaban J connectivity index is 2.34. The van der Waals surface area contributed by atoms with E-state index in [0.717, 1.165) is 12.0 Å².